The molecule has 1 aliphatic rings. The van der Waals surface area contributed by atoms with Gasteiger partial charge in [0.25, 0.3) is 0 Å². The van der Waals surface area contributed by atoms with E-state index in [0.717, 1.165) is 6.42 Å². The molecule has 2 nitrogen and oxygen atoms in total. The second kappa shape index (κ2) is 4.99. The summed E-state index contributed by atoms with van der Waals surface area (Å²) in [6.45, 7) is 11.4. The van der Waals surface area contributed by atoms with Gasteiger partial charge in [-0.25, -0.2) is 0 Å². The topological polar surface area (TPSA) is 20.3 Å². The Morgan fingerprint density at radius 2 is 1.76 bits per heavy atom. The van der Waals surface area contributed by atoms with Crippen molar-refractivity contribution in [2.24, 2.45) is 29.1 Å². The summed E-state index contributed by atoms with van der Waals surface area (Å²) in [5, 5.41) is 0. The van der Waals surface area contributed by atoms with E-state index in [4.69, 9.17) is 0 Å². The largest absolute Gasteiger partial charge is 0.349 e. The van der Waals surface area contributed by atoms with Crippen LogP contribution in [0.3, 0.4) is 0 Å². The minimum Gasteiger partial charge on any atom is -0.349 e. The minimum atomic E-state index is 0.132. The van der Waals surface area contributed by atoms with Crippen LogP contribution in [0.25, 0.3) is 0 Å². The van der Waals surface area contributed by atoms with Gasteiger partial charge in [0.2, 0.25) is 5.91 Å². The number of hydrogen-bond acceptors (Lipinski definition) is 1. The molecule has 0 N–H and O–H groups in total. The highest BCUT2D eigenvalue weighted by atomic mass is 16.2. The molecular weight excluding hydrogens is 210 g/mol. The first-order chi connectivity index (χ1) is 7.67. The third kappa shape index (κ3) is 2.83. The summed E-state index contributed by atoms with van der Waals surface area (Å²) < 4.78 is 0. The number of hydrogen-bond donors (Lipinski definition) is 0. The van der Waals surface area contributed by atoms with Crippen LogP contribution in [0, 0.1) is 29.1 Å². The molecule has 2 heteroatoms. The molecule has 0 bridgehead atoms. The highest BCUT2D eigenvalue weighted by molar-refractivity contribution is 5.79. The molecule has 100 valence electrons. The maximum absolute atomic E-state index is 12.4. The molecule has 1 amide bonds. The first-order valence-corrected chi connectivity index (χ1v) is 6.89. The minimum absolute atomic E-state index is 0.132. The van der Waals surface area contributed by atoms with Crippen LogP contribution in [0.2, 0.25) is 0 Å². The van der Waals surface area contributed by atoms with Crippen molar-refractivity contribution in [1.29, 1.82) is 0 Å². The van der Waals surface area contributed by atoms with Crippen LogP contribution >= 0.6 is 0 Å². The molecule has 17 heavy (non-hydrogen) atoms. The number of amides is 1. The van der Waals surface area contributed by atoms with E-state index in [0.29, 0.717) is 23.7 Å². The summed E-state index contributed by atoms with van der Waals surface area (Å²) in [5.74, 6) is 2.51. The van der Waals surface area contributed by atoms with Crippen LogP contribution in [0.4, 0.5) is 0 Å². The van der Waals surface area contributed by atoms with E-state index >= 15 is 0 Å². The second-order valence-electron chi connectivity index (χ2n) is 6.98. The Bertz CT molecular complexity index is 281. The lowest BCUT2D eigenvalue weighted by molar-refractivity contribution is -0.142. The number of nitrogens with zero attached hydrogens (tertiary/aromatic N) is 1. The van der Waals surface area contributed by atoms with Gasteiger partial charge >= 0.3 is 0 Å². The fourth-order valence-electron chi connectivity index (χ4n) is 3.08. The van der Waals surface area contributed by atoms with Gasteiger partial charge in [0.05, 0.1) is 0 Å². The third-order valence-corrected chi connectivity index (χ3v) is 5.04. The van der Waals surface area contributed by atoms with Crippen molar-refractivity contribution in [3.05, 3.63) is 0 Å². The van der Waals surface area contributed by atoms with Gasteiger partial charge in [0, 0.05) is 20.0 Å². The predicted octanol–water partition coefficient (Wildman–Crippen LogP) is 3.42. The summed E-state index contributed by atoms with van der Waals surface area (Å²) >= 11 is 0. The maximum Gasteiger partial charge on any atom is 0.225 e. The molecule has 0 aromatic carbocycles. The number of carbonyl (C=O) groups excluding carboxylic acids is 1. The predicted molar refractivity (Wildman–Crippen MR) is 72.7 cm³/mol. The monoisotopic (exact) mass is 239 g/mol. The quantitative estimate of drug-likeness (QED) is 0.723. The van der Waals surface area contributed by atoms with E-state index in [1.165, 1.54) is 6.42 Å². The van der Waals surface area contributed by atoms with Gasteiger partial charge in [-0.05, 0) is 36.0 Å². The van der Waals surface area contributed by atoms with Crippen LogP contribution in [0.1, 0.15) is 47.5 Å². The Morgan fingerprint density at radius 3 is 2.18 bits per heavy atom. The van der Waals surface area contributed by atoms with Crippen molar-refractivity contribution in [1.82, 2.24) is 4.90 Å². The van der Waals surface area contributed by atoms with E-state index in [2.05, 4.69) is 34.6 Å². The van der Waals surface area contributed by atoms with Gasteiger partial charge in [-0.3, -0.25) is 4.79 Å². The SMILES string of the molecule is CC(C)C1C[C@@H](C)C(C)(C)[C@@H](C(=O)N(C)C)C1. The summed E-state index contributed by atoms with van der Waals surface area (Å²) in [6.07, 6.45) is 2.33. The summed E-state index contributed by atoms with van der Waals surface area (Å²) in [4.78, 5) is 14.1. The zero-order valence-electron chi connectivity index (χ0n) is 12.6. The lowest BCUT2D eigenvalue weighted by Gasteiger charge is -2.47. The molecular formula is C15H29NO. The van der Waals surface area contributed by atoms with Crippen molar-refractivity contribution in [2.75, 3.05) is 14.1 Å². The van der Waals surface area contributed by atoms with Crippen LogP contribution in [0.15, 0.2) is 0 Å². The van der Waals surface area contributed by atoms with Crippen molar-refractivity contribution in [2.45, 2.75) is 47.5 Å². The van der Waals surface area contributed by atoms with E-state index in [1.54, 1.807) is 4.90 Å². The molecule has 1 rings (SSSR count). The maximum atomic E-state index is 12.4. The van der Waals surface area contributed by atoms with E-state index < -0.39 is 0 Å². The standard InChI is InChI=1S/C15H29NO/c1-10(2)12-8-11(3)15(4,5)13(9-12)14(17)16(6)7/h10-13H,8-9H2,1-7H3/t11-,12?,13-/m1/s1. The molecule has 0 aromatic rings. The first-order valence-electron chi connectivity index (χ1n) is 6.89. The zero-order chi connectivity index (χ0) is 13.4. The lowest BCUT2D eigenvalue weighted by Crippen LogP contribution is -2.47. The average Bonchev–Trinajstić information content (AvgIpc) is 2.20. The van der Waals surface area contributed by atoms with Gasteiger partial charge in [-0.1, -0.05) is 34.6 Å². The average molecular weight is 239 g/mol. The van der Waals surface area contributed by atoms with Gasteiger partial charge in [0.1, 0.15) is 0 Å². The molecule has 0 saturated heterocycles. The molecule has 1 unspecified atom stereocenters. The Kier molecular flexibility index (Phi) is 4.27. The van der Waals surface area contributed by atoms with Crippen LogP contribution in [-0.2, 0) is 4.79 Å². The molecule has 0 aromatic heterocycles. The summed E-state index contributed by atoms with van der Waals surface area (Å²) in [6, 6.07) is 0. The smallest absolute Gasteiger partial charge is 0.225 e. The van der Waals surface area contributed by atoms with E-state index in [1.807, 2.05) is 14.1 Å². The molecule has 0 aliphatic heterocycles. The van der Waals surface area contributed by atoms with Gasteiger partial charge < -0.3 is 4.90 Å². The Labute approximate surface area is 107 Å². The lowest BCUT2D eigenvalue weighted by atomic mass is 9.58. The Morgan fingerprint density at radius 1 is 1.24 bits per heavy atom. The molecule has 0 heterocycles. The second-order valence-corrected chi connectivity index (χ2v) is 6.98. The molecule has 1 saturated carbocycles. The Hall–Kier alpha value is -0.530. The van der Waals surface area contributed by atoms with Crippen LogP contribution in [-0.4, -0.2) is 24.9 Å². The highest BCUT2D eigenvalue weighted by Crippen LogP contribution is 2.49. The fraction of sp³-hybridized carbons (Fsp3) is 0.933. The van der Waals surface area contributed by atoms with Crippen molar-refractivity contribution in [3.63, 3.8) is 0 Å². The normalized spacial score (nSPS) is 32.6. The molecule has 3 atom stereocenters. The number of rotatable bonds is 2. The van der Waals surface area contributed by atoms with Crippen molar-refractivity contribution >= 4 is 5.91 Å². The molecule has 0 spiro atoms. The Balaban J connectivity index is 2.94. The van der Waals surface area contributed by atoms with Crippen LogP contribution in [0.5, 0.6) is 0 Å². The first kappa shape index (κ1) is 14.5. The highest BCUT2D eigenvalue weighted by Gasteiger charge is 2.45. The number of carbonyl (C=O) groups is 1. The third-order valence-electron chi connectivity index (χ3n) is 5.04. The van der Waals surface area contributed by atoms with Crippen molar-refractivity contribution in [3.8, 4) is 0 Å². The van der Waals surface area contributed by atoms with Crippen molar-refractivity contribution < 1.29 is 4.79 Å². The molecule has 1 fully saturated rings. The van der Waals surface area contributed by atoms with Gasteiger partial charge in [-0.15, -0.1) is 0 Å². The van der Waals surface area contributed by atoms with Gasteiger partial charge in [0.15, 0.2) is 0 Å². The van der Waals surface area contributed by atoms with Crippen LogP contribution < -0.4 is 0 Å². The fourth-order valence-corrected chi connectivity index (χ4v) is 3.08. The summed E-state index contributed by atoms with van der Waals surface area (Å²) in [5.41, 5.74) is 0.132. The van der Waals surface area contributed by atoms with E-state index in [-0.39, 0.29) is 11.3 Å². The van der Waals surface area contributed by atoms with Gasteiger partial charge in [-0.2, -0.15) is 0 Å². The van der Waals surface area contributed by atoms with E-state index in [9.17, 15) is 4.79 Å². The zero-order valence-corrected chi connectivity index (χ0v) is 12.6. The molecule has 0 radical (unpaired) electrons. The molecule has 1 aliphatic carbocycles. The summed E-state index contributed by atoms with van der Waals surface area (Å²) in [7, 11) is 3.75.